The van der Waals surface area contributed by atoms with Gasteiger partial charge < -0.3 is 11.1 Å². The van der Waals surface area contributed by atoms with E-state index in [0.717, 1.165) is 25.7 Å². The number of halogens is 1. The van der Waals surface area contributed by atoms with Gasteiger partial charge in [0.25, 0.3) is 0 Å². The van der Waals surface area contributed by atoms with E-state index in [1.807, 2.05) is 0 Å². The van der Waals surface area contributed by atoms with Gasteiger partial charge in [-0.05, 0) is 45.6 Å². The Morgan fingerprint density at radius 3 is 2.45 bits per heavy atom. The third kappa shape index (κ3) is 3.18. The first-order valence-corrected chi connectivity index (χ1v) is 7.23. The number of hydrogen-bond donors (Lipinski definition) is 2. The lowest BCUT2D eigenvalue weighted by Gasteiger charge is -2.31. The molecule has 1 aromatic rings. The SMILES string of the molecule is CC(C)(C(=O)NC1CCC(N)CC1)c1ccccc1F. The van der Waals surface area contributed by atoms with E-state index < -0.39 is 5.41 Å². The summed E-state index contributed by atoms with van der Waals surface area (Å²) in [6.07, 6.45) is 3.68. The molecule has 1 amide bonds. The lowest BCUT2D eigenvalue weighted by Crippen LogP contribution is -2.47. The van der Waals surface area contributed by atoms with Crippen LogP contribution in [0.5, 0.6) is 0 Å². The molecule has 0 heterocycles. The van der Waals surface area contributed by atoms with Crippen molar-refractivity contribution in [2.75, 3.05) is 0 Å². The Morgan fingerprint density at radius 2 is 1.85 bits per heavy atom. The van der Waals surface area contributed by atoms with Crippen LogP contribution >= 0.6 is 0 Å². The minimum absolute atomic E-state index is 0.122. The van der Waals surface area contributed by atoms with Crippen molar-refractivity contribution in [3.63, 3.8) is 0 Å². The van der Waals surface area contributed by atoms with Crippen LogP contribution < -0.4 is 11.1 Å². The van der Waals surface area contributed by atoms with Crippen LogP contribution in [0.15, 0.2) is 24.3 Å². The molecule has 0 bridgehead atoms. The number of carbonyl (C=O) groups is 1. The minimum Gasteiger partial charge on any atom is -0.353 e. The van der Waals surface area contributed by atoms with Gasteiger partial charge in [0, 0.05) is 17.6 Å². The molecule has 1 saturated carbocycles. The summed E-state index contributed by atoms with van der Waals surface area (Å²) >= 11 is 0. The van der Waals surface area contributed by atoms with Gasteiger partial charge in [0.1, 0.15) is 5.82 Å². The fourth-order valence-corrected chi connectivity index (χ4v) is 2.72. The maximum Gasteiger partial charge on any atom is 0.230 e. The van der Waals surface area contributed by atoms with E-state index in [4.69, 9.17) is 5.73 Å². The summed E-state index contributed by atoms with van der Waals surface area (Å²) < 4.78 is 13.9. The van der Waals surface area contributed by atoms with Crippen LogP contribution in [-0.4, -0.2) is 18.0 Å². The summed E-state index contributed by atoms with van der Waals surface area (Å²) in [5.41, 5.74) is 5.43. The van der Waals surface area contributed by atoms with Gasteiger partial charge >= 0.3 is 0 Å². The fourth-order valence-electron chi connectivity index (χ4n) is 2.72. The van der Waals surface area contributed by atoms with Gasteiger partial charge in [-0.2, -0.15) is 0 Å². The molecular formula is C16H23FN2O. The molecule has 0 atom stereocenters. The standard InChI is InChI=1S/C16H23FN2O/c1-16(2,13-5-3-4-6-14(13)17)15(20)19-12-9-7-11(18)8-10-12/h3-6,11-12H,7-10,18H2,1-2H3,(H,19,20). The van der Waals surface area contributed by atoms with Gasteiger partial charge in [-0.3, -0.25) is 4.79 Å². The average Bonchev–Trinajstić information content (AvgIpc) is 2.41. The maximum absolute atomic E-state index is 13.9. The van der Waals surface area contributed by atoms with Crippen molar-refractivity contribution < 1.29 is 9.18 Å². The van der Waals surface area contributed by atoms with E-state index in [1.54, 1.807) is 32.0 Å². The second-order valence-electron chi connectivity index (χ2n) is 6.19. The van der Waals surface area contributed by atoms with Crippen molar-refractivity contribution in [2.24, 2.45) is 5.73 Å². The first-order valence-electron chi connectivity index (χ1n) is 7.23. The topological polar surface area (TPSA) is 55.1 Å². The van der Waals surface area contributed by atoms with Crippen LogP contribution in [0.25, 0.3) is 0 Å². The number of benzene rings is 1. The molecule has 0 unspecified atom stereocenters. The Kier molecular flexibility index (Phi) is 4.43. The maximum atomic E-state index is 13.9. The number of rotatable bonds is 3. The number of carbonyl (C=O) groups excluding carboxylic acids is 1. The van der Waals surface area contributed by atoms with Crippen molar-refractivity contribution in [3.8, 4) is 0 Å². The van der Waals surface area contributed by atoms with E-state index in [1.165, 1.54) is 6.07 Å². The van der Waals surface area contributed by atoms with Crippen molar-refractivity contribution in [2.45, 2.75) is 57.0 Å². The summed E-state index contributed by atoms with van der Waals surface area (Å²) in [5.74, 6) is -0.457. The predicted molar refractivity (Wildman–Crippen MR) is 77.8 cm³/mol. The third-order valence-corrected chi connectivity index (χ3v) is 4.22. The molecule has 1 aromatic carbocycles. The van der Waals surface area contributed by atoms with E-state index >= 15 is 0 Å². The monoisotopic (exact) mass is 278 g/mol. The smallest absolute Gasteiger partial charge is 0.230 e. The van der Waals surface area contributed by atoms with Gasteiger partial charge in [-0.15, -0.1) is 0 Å². The Morgan fingerprint density at radius 1 is 1.25 bits per heavy atom. The lowest BCUT2D eigenvalue weighted by atomic mass is 9.82. The largest absolute Gasteiger partial charge is 0.353 e. The van der Waals surface area contributed by atoms with Crippen LogP contribution in [-0.2, 0) is 10.2 Å². The fraction of sp³-hybridized carbons (Fsp3) is 0.562. The zero-order valence-electron chi connectivity index (χ0n) is 12.2. The van der Waals surface area contributed by atoms with Crippen LogP contribution in [0.3, 0.4) is 0 Å². The molecule has 3 nitrogen and oxygen atoms in total. The molecule has 4 heteroatoms. The Bertz CT molecular complexity index is 479. The molecule has 3 N–H and O–H groups in total. The summed E-state index contributed by atoms with van der Waals surface area (Å²) in [5, 5.41) is 3.04. The zero-order chi connectivity index (χ0) is 14.8. The molecule has 110 valence electrons. The summed E-state index contributed by atoms with van der Waals surface area (Å²) in [7, 11) is 0. The summed E-state index contributed by atoms with van der Waals surface area (Å²) in [6.45, 7) is 3.52. The number of hydrogen-bond acceptors (Lipinski definition) is 2. The molecule has 1 aliphatic carbocycles. The van der Waals surface area contributed by atoms with Gasteiger partial charge in [0.2, 0.25) is 5.91 Å². The van der Waals surface area contributed by atoms with Gasteiger partial charge in [-0.25, -0.2) is 4.39 Å². The molecule has 1 fully saturated rings. The van der Waals surface area contributed by atoms with E-state index in [2.05, 4.69) is 5.32 Å². The van der Waals surface area contributed by atoms with E-state index in [0.29, 0.717) is 5.56 Å². The summed E-state index contributed by atoms with van der Waals surface area (Å²) in [4.78, 5) is 12.5. The van der Waals surface area contributed by atoms with E-state index in [-0.39, 0.29) is 23.8 Å². The van der Waals surface area contributed by atoms with Crippen LogP contribution in [0.4, 0.5) is 4.39 Å². The quantitative estimate of drug-likeness (QED) is 0.892. The molecular weight excluding hydrogens is 255 g/mol. The van der Waals surface area contributed by atoms with Gasteiger partial charge in [-0.1, -0.05) is 18.2 Å². The van der Waals surface area contributed by atoms with Gasteiger partial charge in [0.15, 0.2) is 0 Å². The molecule has 1 aliphatic rings. The van der Waals surface area contributed by atoms with Crippen molar-refractivity contribution in [1.82, 2.24) is 5.32 Å². The summed E-state index contributed by atoms with van der Waals surface area (Å²) in [6, 6.07) is 6.87. The predicted octanol–water partition coefficient (Wildman–Crippen LogP) is 2.49. The molecule has 0 spiro atoms. The number of amides is 1. The second-order valence-corrected chi connectivity index (χ2v) is 6.19. The molecule has 0 aromatic heterocycles. The zero-order valence-corrected chi connectivity index (χ0v) is 12.2. The van der Waals surface area contributed by atoms with Crippen LogP contribution in [0, 0.1) is 5.82 Å². The van der Waals surface area contributed by atoms with Gasteiger partial charge in [0.05, 0.1) is 5.41 Å². The Hall–Kier alpha value is -1.42. The molecule has 0 saturated heterocycles. The van der Waals surface area contributed by atoms with Crippen molar-refractivity contribution in [1.29, 1.82) is 0 Å². The molecule has 0 radical (unpaired) electrons. The van der Waals surface area contributed by atoms with Crippen LogP contribution in [0.2, 0.25) is 0 Å². The molecule has 0 aliphatic heterocycles. The average molecular weight is 278 g/mol. The highest BCUT2D eigenvalue weighted by atomic mass is 19.1. The number of nitrogens with one attached hydrogen (secondary N) is 1. The minimum atomic E-state index is -0.870. The highest BCUT2D eigenvalue weighted by Crippen LogP contribution is 2.27. The van der Waals surface area contributed by atoms with E-state index in [9.17, 15) is 9.18 Å². The highest BCUT2D eigenvalue weighted by Gasteiger charge is 2.34. The Labute approximate surface area is 119 Å². The lowest BCUT2D eigenvalue weighted by molar-refractivity contribution is -0.126. The normalized spacial score (nSPS) is 23.4. The first-order chi connectivity index (χ1) is 9.41. The third-order valence-electron chi connectivity index (χ3n) is 4.22. The van der Waals surface area contributed by atoms with Crippen LogP contribution in [0.1, 0.15) is 45.1 Å². The first kappa shape index (κ1) is 15.0. The van der Waals surface area contributed by atoms with Crippen molar-refractivity contribution >= 4 is 5.91 Å². The Balaban J connectivity index is 2.06. The molecule has 2 rings (SSSR count). The second kappa shape index (κ2) is 5.92. The number of nitrogens with two attached hydrogens (primary N) is 1. The highest BCUT2D eigenvalue weighted by molar-refractivity contribution is 5.87. The molecule has 20 heavy (non-hydrogen) atoms. The van der Waals surface area contributed by atoms with Crippen molar-refractivity contribution in [3.05, 3.63) is 35.6 Å².